The molecule has 0 fully saturated rings. The SMILES string of the molecule is CC#N.[Ca+2].[OH-].[OH-]. The molecule has 0 rings (SSSR count). The Hall–Kier alpha value is 0.670. The fourth-order valence-corrected chi connectivity index (χ4v) is 0. The van der Waals surface area contributed by atoms with E-state index in [-0.39, 0.29) is 48.7 Å². The average Bonchev–Trinajstić information content (AvgIpc) is 0.918. The van der Waals surface area contributed by atoms with Crippen LogP contribution in [-0.2, 0) is 0 Å². The van der Waals surface area contributed by atoms with Gasteiger partial charge >= 0.3 is 37.7 Å². The smallest absolute Gasteiger partial charge is 0.870 e. The molecule has 6 heavy (non-hydrogen) atoms. The van der Waals surface area contributed by atoms with Crippen LogP contribution in [0.5, 0.6) is 0 Å². The van der Waals surface area contributed by atoms with Crippen LogP contribution in [0.15, 0.2) is 0 Å². The van der Waals surface area contributed by atoms with Gasteiger partial charge < -0.3 is 11.0 Å². The van der Waals surface area contributed by atoms with Crippen LogP contribution in [0.4, 0.5) is 0 Å². The zero-order valence-corrected chi connectivity index (χ0v) is 5.76. The fraction of sp³-hybridized carbons (Fsp3) is 0.500. The summed E-state index contributed by atoms with van der Waals surface area (Å²) in [6, 6.07) is 1.75. The maximum atomic E-state index is 7.32. The van der Waals surface area contributed by atoms with Gasteiger partial charge in [0.15, 0.2) is 0 Å². The molecule has 0 saturated heterocycles. The molecular formula is C2H5CaNO2. The zero-order chi connectivity index (χ0) is 2.71. The predicted octanol–water partition coefficient (Wildman–Crippen LogP) is -0.205. The molecule has 0 unspecified atom stereocenters. The van der Waals surface area contributed by atoms with E-state index < -0.39 is 0 Å². The number of hydrogen-bond acceptors (Lipinski definition) is 3. The van der Waals surface area contributed by atoms with Crippen molar-refractivity contribution in [2.24, 2.45) is 0 Å². The van der Waals surface area contributed by atoms with Gasteiger partial charge in [-0.15, -0.1) is 0 Å². The van der Waals surface area contributed by atoms with Gasteiger partial charge in [-0.05, 0) is 0 Å². The molecule has 0 aromatic rings. The Morgan fingerprint density at radius 1 is 1.33 bits per heavy atom. The van der Waals surface area contributed by atoms with Gasteiger partial charge in [-0.25, -0.2) is 0 Å². The van der Waals surface area contributed by atoms with Crippen LogP contribution in [0.3, 0.4) is 0 Å². The number of nitrogens with zero attached hydrogens (tertiary/aromatic N) is 1. The van der Waals surface area contributed by atoms with Gasteiger partial charge in [0.2, 0.25) is 0 Å². The standard InChI is InChI=1S/C2H3N.Ca.2H2O/c1-2-3;;;/h1H3;;2*1H2/q;+2;;/p-2. The summed E-state index contributed by atoms with van der Waals surface area (Å²) in [6.07, 6.45) is 0. The van der Waals surface area contributed by atoms with Crippen LogP contribution in [0.2, 0.25) is 0 Å². The topological polar surface area (TPSA) is 83.8 Å². The molecule has 0 radical (unpaired) electrons. The Labute approximate surface area is 66.6 Å². The van der Waals surface area contributed by atoms with E-state index in [2.05, 4.69) is 0 Å². The maximum absolute atomic E-state index is 7.32. The Morgan fingerprint density at radius 2 is 1.33 bits per heavy atom. The molecular weight excluding hydrogens is 110 g/mol. The van der Waals surface area contributed by atoms with Crippen molar-refractivity contribution in [3.05, 3.63) is 0 Å². The van der Waals surface area contributed by atoms with Crippen molar-refractivity contribution in [1.29, 1.82) is 5.26 Å². The summed E-state index contributed by atoms with van der Waals surface area (Å²) in [5.41, 5.74) is 0. The van der Waals surface area contributed by atoms with Gasteiger partial charge in [-0.2, -0.15) is 5.26 Å². The van der Waals surface area contributed by atoms with E-state index in [1.807, 2.05) is 0 Å². The molecule has 0 amide bonds. The minimum atomic E-state index is 0. The summed E-state index contributed by atoms with van der Waals surface area (Å²) in [5.74, 6) is 0. The monoisotopic (exact) mass is 115 g/mol. The third-order valence-electron chi connectivity index (χ3n) is 0. The average molecular weight is 115 g/mol. The molecule has 0 saturated carbocycles. The first-order valence-corrected chi connectivity index (χ1v) is 0.724. The largest absolute Gasteiger partial charge is 2.00 e. The van der Waals surface area contributed by atoms with Gasteiger partial charge in [0.05, 0.1) is 6.07 Å². The molecule has 0 spiro atoms. The Kier molecular flexibility index (Phi) is 222. The van der Waals surface area contributed by atoms with Crippen molar-refractivity contribution in [2.75, 3.05) is 0 Å². The number of nitriles is 1. The second-order valence-electron chi connectivity index (χ2n) is 0.224. The predicted molar refractivity (Wildman–Crippen MR) is 20.9 cm³/mol. The Balaban J connectivity index is -0.00000000667. The van der Waals surface area contributed by atoms with E-state index in [1.165, 1.54) is 6.92 Å². The van der Waals surface area contributed by atoms with E-state index >= 15 is 0 Å². The molecule has 0 aliphatic carbocycles. The minimum Gasteiger partial charge on any atom is -0.870 e. The summed E-state index contributed by atoms with van der Waals surface area (Å²) in [5, 5.41) is 7.32. The molecule has 3 nitrogen and oxygen atoms in total. The Morgan fingerprint density at radius 3 is 1.33 bits per heavy atom. The van der Waals surface area contributed by atoms with Crippen molar-refractivity contribution in [1.82, 2.24) is 0 Å². The normalized spacial score (nSPS) is 1.33. The van der Waals surface area contributed by atoms with E-state index in [0.29, 0.717) is 0 Å². The minimum absolute atomic E-state index is 0. The van der Waals surface area contributed by atoms with Gasteiger partial charge in [0.1, 0.15) is 0 Å². The van der Waals surface area contributed by atoms with Gasteiger partial charge in [0.25, 0.3) is 0 Å². The summed E-state index contributed by atoms with van der Waals surface area (Å²) in [7, 11) is 0. The summed E-state index contributed by atoms with van der Waals surface area (Å²) < 4.78 is 0. The van der Waals surface area contributed by atoms with Gasteiger partial charge in [-0.1, -0.05) is 0 Å². The molecule has 2 N–H and O–H groups in total. The van der Waals surface area contributed by atoms with Crippen LogP contribution in [-0.4, -0.2) is 48.7 Å². The molecule has 0 aliphatic heterocycles. The van der Waals surface area contributed by atoms with Crippen molar-refractivity contribution in [3.8, 4) is 6.07 Å². The maximum Gasteiger partial charge on any atom is 2.00 e. The second kappa shape index (κ2) is 44.3. The summed E-state index contributed by atoms with van der Waals surface area (Å²) in [4.78, 5) is 0. The van der Waals surface area contributed by atoms with Crippen molar-refractivity contribution in [2.45, 2.75) is 6.92 Å². The van der Waals surface area contributed by atoms with E-state index in [0.717, 1.165) is 0 Å². The van der Waals surface area contributed by atoms with Gasteiger partial charge in [-0.3, -0.25) is 0 Å². The molecule has 0 heterocycles. The third kappa shape index (κ3) is 140. The van der Waals surface area contributed by atoms with Crippen molar-refractivity contribution in [3.63, 3.8) is 0 Å². The molecule has 4 heteroatoms. The van der Waals surface area contributed by atoms with Crippen LogP contribution in [0.1, 0.15) is 6.92 Å². The van der Waals surface area contributed by atoms with Crippen LogP contribution in [0, 0.1) is 11.3 Å². The molecule has 0 bridgehead atoms. The second-order valence-corrected chi connectivity index (χ2v) is 0.224. The Bertz CT molecular complexity index is 33.0. The van der Waals surface area contributed by atoms with Gasteiger partial charge in [0, 0.05) is 6.92 Å². The van der Waals surface area contributed by atoms with Crippen LogP contribution < -0.4 is 0 Å². The molecule has 0 atom stereocenters. The molecule has 0 aliphatic rings. The first-order chi connectivity index (χ1) is 1.41. The van der Waals surface area contributed by atoms with Crippen LogP contribution >= 0.6 is 0 Å². The quantitative estimate of drug-likeness (QED) is 0.409. The van der Waals surface area contributed by atoms with E-state index in [1.54, 1.807) is 6.07 Å². The molecule has 32 valence electrons. The zero-order valence-electron chi connectivity index (χ0n) is 3.55. The summed E-state index contributed by atoms with van der Waals surface area (Å²) >= 11 is 0. The first kappa shape index (κ1) is 30.1. The third-order valence-corrected chi connectivity index (χ3v) is 0. The summed E-state index contributed by atoms with van der Waals surface area (Å²) in [6.45, 7) is 1.43. The van der Waals surface area contributed by atoms with Crippen molar-refractivity contribution < 1.29 is 11.0 Å². The molecule has 0 aromatic carbocycles. The number of hydrogen-bond donors (Lipinski definition) is 0. The first-order valence-electron chi connectivity index (χ1n) is 0.724. The van der Waals surface area contributed by atoms with E-state index in [9.17, 15) is 0 Å². The van der Waals surface area contributed by atoms with Crippen molar-refractivity contribution >= 4 is 37.7 Å². The van der Waals surface area contributed by atoms with E-state index in [4.69, 9.17) is 5.26 Å². The molecule has 0 aromatic heterocycles. The fourth-order valence-electron chi connectivity index (χ4n) is 0. The number of rotatable bonds is 0. The van der Waals surface area contributed by atoms with Crippen LogP contribution in [0.25, 0.3) is 0 Å².